The molecule has 1 aliphatic heterocycles. The molecule has 1 aliphatic rings. The van der Waals surface area contributed by atoms with Crippen molar-refractivity contribution in [3.63, 3.8) is 0 Å². The van der Waals surface area contributed by atoms with E-state index in [-0.39, 0.29) is 37.0 Å². The van der Waals surface area contributed by atoms with E-state index in [4.69, 9.17) is 0 Å². The van der Waals surface area contributed by atoms with E-state index in [2.05, 4.69) is 27.7 Å². The van der Waals surface area contributed by atoms with Crippen molar-refractivity contribution >= 4 is 35.8 Å². The number of aliphatic hydroxyl groups is 1. The number of imidazole rings is 1. The van der Waals surface area contributed by atoms with Crippen LogP contribution in [0.2, 0.25) is 0 Å². The smallest absolute Gasteiger partial charge is 0.116 e. The van der Waals surface area contributed by atoms with Gasteiger partial charge in [0, 0.05) is 6.54 Å². The first kappa shape index (κ1) is 18.1. The van der Waals surface area contributed by atoms with Crippen molar-refractivity contribution in [3.05, 3.63) is 30.6 Å². The molecule has 2 heterocycles. The molecule has 1 aromatic carbocycles. The minimum Gasteiger partial charge on any atom is -0.391 e. The Morgan fingerprint density at radius 1 is 1.29 bits per heavy atom. The van der Waals surface area contributed by atoms with Crippen molar-refractivity contribution in [1.29, 1.82) is 0 Å². The van der Waals surface area contributed by atoms with Crippen LogP contribution in [-0.2, 0) is 0 Å². The number of aromatic nitrogens is 2. The lowest BCUT2D eigenvalue weighted by Gasteiger charge is -2.41. The first-order valence-electron chi connectivity index (χ1n) is 7.18. The van der Waals surface area contributed by atoms with Gasteiger partial charge in [0.2, 0.25) is 0 Å². The summed E-state index contributed by atoms with van der Waals surface area (Å²) in [4.78, 5) is 4.45. The summed E-state index contributed by atoms with van der Waals surface area (Å²) >= 11 is 0. The van der Waals surface area contributed by atoms with Crippen LogP contribution >= 0.6 is 24.8 Å². The molecule has 2 aromatic rings. The minimum atomic E-state index is -0.227. The molecular formula is C15H23Cl2N3O. The molecule has 1 N–H and O–H groups in total. The average molecular weight is 332 g/mol. The maximum Gasteiger partial charge on any atom is 0.116 e. The Morgan fingerprint density at radius 2 is 2.05 bits per heavy atom. The van der Waals surface area contributed by atoms with Crippen LogP contribution in [0.5, 0.6) is 0 Å². The number of halogens is 2. The second-order valence-electron chi connectivity index (χ2n) is 5.31. The van der Waals surface area contributed by atoms with Crippen LogP contribution in [0.3, 0.4) is 0 Å². The highest BCUT2D eigenvalue weighted by atomic mass is 35.5. The van der Waals surface area contributed by atoms with Crippen LogP contribution < -0.4 is 5.01 Å². The minimum absolute atomic E-state index is 0. The number of rotatable bonds is 3. The second kappa shape index (κ2) is 7.87. The second-order valence-corrected chi connectivity index (χ2v) is 5.31. The number of hydrogen-bond acceptors (Lipinski definition) is 3. The zero-order chi connectivity index (χ0) is 13.2. The normalized spacial score (nSPS) is 21.7. The van der Waals surface area contributed by atoms with Gasteiger partial charge in [-0.3, -0.25) is 0 Å². The Kier molecular flexibility index (Phi) is 6.78. The summed E-state index contributed by atoms with van der Waals surface area (Å²) in [6, 6.07) is 8.37. The number of hydrogen-bond donors (Lipinski definition) is 1. The van der Waals surface area contributed by atoms with E-state index in [0.717, 1.165) is 43.3 Å². The summed E-state index contributed by atoms with van der Waals surface area (Å²) in [5.41, 5.74) is 2.13. The Morgan fingerprint density at radius 3 is 2.81 bits per heavy atom. The highest BCUT2D eigenvalue weighted by Gasteiger charge is 2.30. The summed E-state index contributed by atoms with van der Waals surface area (Å²) in [7, 11) is 0. The standard InChI is InChI=1S/C15H21N3O.2ClH/c1-2-6-14-15(19)9-5-10-17(14)18-11-16-12-7-3-4-8-13(12)18;;/h3-4,7-8,11,14-15,19H,2,5-6,9-10H2,1H3;2*1H. The summed E-state index contributed by atoms with van der Waals surface area (Å²) in [5, 5.41) is 12.6. The summed E-state index contributed by atoms with van der Waals surface area (Å²) < 4.78 is 2.12. The van der Waals surface area contributed by atoms with Gasteiger partial charge < -0.3 is 10.1 Å². The zero-order valence-electron chi connectivity index (χ0n) is 12.2. The molecule has 0 amide bonds. The van der Waals surface area contributed by atoms with E-state index in [1.165, 1.54) is 0 Å². The number of fused-ring (bicyclic) bond motifs is 1. The SMILES string of the molecule is CCCC1C(O)CCCN1n1cnc2ccccc21.Cl.Cl. The van der Waals surface area contributed by atoms with E-state index >= 15 is 0 Å². The van der Waals surface area contributed by atoms with Gasteiger partial charge in [0.1, 0.15) is 6.33 Å². The van der Waals surface area contributed by atoms with E-state index in [0.29, 0.717) is 0 Å². The Labute approximate surface area is 137 Å². The maximum absolute atomic E-state index is 10.3. The molecule has 4 nitrogen and oxygen atoms in total. The fraction of sp³-hybridized carbons (Fsp3) is 0.533. The van der Waals surface area contributed by atoms with Crippen molar-refractivity contribution in [2.75, 3.05) is 11.6 Å². The van der Waals surface area contributed by atoms with Crippen molar-refractivity contribution in [2.45, 2.75) is 44.8 Å². The molecule has 3 rings (SSSR count). The third-order valence-electron chi connectivity index (χ3n) is 4.01. The third kappa shape index (κ3) is 3.44. The molecule has 0 aliphatic carbocycles. The largest absolute Gasteiger partial charge is 0.391 e. The van der Waals surface area contributed by atoms with Crippen molar-refractivity contribution < 1.29 is 5.11 Å². The van der Waals surface area contributed by atoms with E-state index in [1.807, 2.05) is 24.5 Å². The van der Waals surface area contributed by atoms with Crippen LogP contribution in [0.4, 0.5) is 0 Å². The molecule has 6 heteroatoms. The lowest BCUT2D eigenvalue weighted by Crippen LogP contribution is -2.53. The molecular weight excluding hydrogens is 309 g/mol. The Hall–Kier alpha value is -0.970. The number of benzene rings is 1. The molecule has 0 saturated carbocycles. The zero-order valence-corrected chi connectivity index (χ0v) is 13.8. The van der Waals surface area contributed by atoms with Gasteiger partial charge in [-0.15, -0.1) is 24.8 Å². The topological polar surface area (TPSA) is 41.3 Å². The molecule has 1 aromatic heterocycles. The van der Waals surface area contributed by atoms with Crippen molar-refractivity contribution in [2.24, 2.45) is 0 Å². The Balaban J connectivity index is 0.00000110. The molecule has 2 unspecified atom stereocenters. The molecule has 21 heavy (non-hydrogen) atoms. The van der Waals surface area contributed by atoms with Crippen molar-refractivity contribution in [3.8, 4) is 0 Å². The van der Waals surface area contributed by atoms with E-state index in [9.17, 15) is 5.11 Å². The summed E-state index contributed by atoms with van der Waals surface area (Å²) in [6.07, 6.45) is 5.71. The van der Waals surface area contributed by atoms with Gasteiger partial charge in [-0.1, -0.05) is 25.5 Å². The predicted molar refractivity (Wildman–Crippen MR) is 91.2 cm³/mol. The summed E-state index contributed by atoms with van der Waals surface area (Å²) in [5.74, 6) is 0. The molecule has 0 bridgehead atoms. The van der Waals surface area contributed by atoms with Gasteiger partial charge in [-0.05, 0) is 31.4 Å². The predicted octanol–water partition coefficient (Wildman–Crippen LogP) is 3.14. The number of nitrogens with zero attached hydrogens (tertiary/aromatic N) is 3. The lowest BCUT2D eigenvalue weighted by atomic mass is 9.97. The molecule has 1 saturated heterocycles. The van der Waals surface area contributed by atoms with Gasteiger partial charge in [0.25, 0.3) is 0 Å². The first-order chi connectivity index (χ1) is 9.31. The van der Waals surface area contributed by atoms with Crippen LogP contribution in [-0.4, -0.2) is 33.5 Å². The van der Waals surface area contributed by atoms with Gasteiger partial charge >= 0.3 is 0 Å². The van der Waals surface area contributed by atoms with Crippen LogP contribution in [0.15, 0.2) is 30.6 Å². The van der Waals surface area contributed by atoms with Crippen molar-refractivity contribution in [1.82, 2.24) is 9.66 Å². The number of piperidine rings is 1. The molecule has 2 atom stereocenters. The van der Waals surface area contributed by atoms with E-state index < -0.39 is 0 Å². The van der Waals surface area contributed by atoms with Crippen LogP contribution in [0, 0.1) is 0 Å². The highest BCUT2D eigenvalue weighted by Crippen LogP contribution is 2.23. The first-order valence-corrected chi connectivity index (χ1v) is 7.18. The lowest BCUT2D eigenvalue weighted by molar-refractivity contribution is 0.0956. The van der Waals surface area contributed by atoms with Gasteiger partial charge in [0.05, 0.1) is 23.2 Å². The molecule has 118 valence electrons. The van der Waals surface area contributed by atoms with Crippen LogP contribution in [0.1, 0.15) is 32.6 Å². The quantitative estimate of drug-likeness (QED) is 0.939. The fourth-order valence-corrected chi connectivity index (χ4v) is 3.07. The number of para-hydroxylation sites is 2. The van der Waals surface area contributed by atoms with E-state index in [1.54, 1.807) is 0 Å². The van der Waals surface area contributed by atoms with Gasteiger partial charge in [0.15, 0.2) is 0 Å². The maximum atomic E-state index is 10.3. The number of aliphatic hydroxyl groups excluding tert-OH is 1. The van der Waals surface area contributed by atoms with Gasteiger partial charge in [-0.2, -0.15) is 0 Å². The highest BCUT2D eigenvalue weighted by molar-refractivity contribution is 5.85. The third-order valence-corrected chi connectivity index (χ3v) is 4.01. The fourth-order valence-electron chi connectivity index (χ4n) is 3.07. The monoisotopic (exact) mass is 331 g/mol. The van der Waals surface area contributed by atoms with Crippen LogP contribution in [0.25, 0.3) is 11.0 Å². The Bertz CT molecular complexity index is 561. The molecule has 0 radical (unpaired) electrons. The molecule has 1 fully saturated rings. The van der Waals surface area contributed by atoms with Gasteiger partial charge in [-0.25, -0.2) is 9.66 Å². The molecule has 0 spiro atoms. The average Bonchev–Trinajstić information content (AvgIpc) is 2.85. The summed E-state index contributed by atoms with van der Waals surface area (Å²) in [6.45, 7) is 3.16.